The molecule has 0 radical (unpaired) electrons. The molecule has 0 aromatic rings. The largest absolute Gasteiger partial charge is 3.00 e. The molecule has 0 fully saturated rings. The Morgan fingerprint density at radius 3 is 0.500 bits per heavy atom. The topological polar surface area (TPSA) is 0 Å². The molecule has 0 amide bonds. The fraction of sp³-hybridized carbons (Fsp3) is 0.429. The summed E-state index contributed by atoms with van der Waals surface area (Å²) in [6.07, 6.45) is 21.1. The van der Waals surface area contributed by atoms with Crippen LogP contribution in [0.4, 0.5) is 51.8 Å². The van der Waals surface area contributed by atoms with E-state index >= 15 is 0 Å². The van der Waals surface area contributed by atoms with Crippen molar-refractivity contribution in [2.45, 2.75) is 12.8 Å². The zero-order valence-corrected chi connectivity index (χ0v) is 16.6. The number of allylic oxidation sites excluding steroid dienone is 8. The van der Waals surface area contributed by atoms with Crippen molar-refractivity contribution in [3.05, 3.63) is 48.6 Å². The van der Waals surface area contributed by atoms with E-state index in [1.165, 1.54) is 12.8 Å². The maximum absolute atomic E-state index is 9.75. The minimum atomic E-state index is -6.00. The molecule has 0 aromatic carbocycles. The Morgan fingerprint density at radius 2 is 0.467 bits per heavy atom. The molecule has 0 saturated heterocycles. The first kappa shape index (κ1) is 31.1. The summed E-state index contributed by atoms with van der Waals surface area (Å²) in [6.45, 7) is 0. The first-order valence-electron chi connectivity index (χ1n) is 8.25. The van der Waals surface area contributed by atoms with Gasteiger partial charge in [-0.1, -0.05) is 48.6 Å². The Kier molecular flexibility index (Phi) is 13.9. The summed E-state index contributed by atoms with van der Waals surface area (Å²) < 4.78 is 117. The van der Waals surface area contributed by atoms with Gasteiger partial charge in [0.05, 0.1) is 0 Å². The molecule has 0 atom stereocenters. The molecular weight excluding hydrogens is 531 g/mol. The van der Waals surface area contributed by atoms with Crippen LogP contribution in [0.25, 0.3) is 0 Å². The van der Waals surface area contributed by atoms with Gasteiger partial charge in [-0.15, -0.1) is 0 Å². The summed E-state index contributed by atoms with van der Waals surface area (Å²) in [5.74, 6) is 3.24. The van der Waals surface area contributed by atoms with E-state index in [9.17, 15) is 51.8 Å². The van der Waals surface area contributed by atoms with Crippen molar-refractivity contribution in [1.82, 2.24) is 0 Å². The van der Waals surface area contributed by atoms with Gasteiger partial charge in [0.2, 0.25) is 0 Å². The number of fused-ring (bicyclic) bond motifs is 4. The van der Waals surface area contributed by atoms with Crippen molar-refractivity contribution in [3.8, 4) is 0 Å². The summed E-state index contributed by atoms with van der Waals surface area (Å²) in [7, 11) is -18.0. The maximum atomic E-state index is 9.75. The molecule has 0 spiro atoms. The summed E-state index contributed by atoms with van der Waals surface area (Å²) in [5.41, 5.74) is 0. The number of hydrogen-bond donors (Lipinski definition) is 0. The smallest absolute Gasteiger partial charge is 0.418 e. The Bertz CT molecular complexity index is 458. The molecule has 0 heterocycles. The predicted molar refractivity (Wildman–Crippen MR) is 90.3 cm³/mol. The van der Waals surface area contributed by atoms with Crippen molar-refractivity contribution in [2.75, 3.05) is 0 Å². The molecular formula is C14H16B3F12Rh. The molecule has 30 heavy (non-hydrogen) atoms. The van der Waals surface area contributed by atoms with Gasteiger partial charge < -0.3 is 51.8 Å². The van der Waals surface area contributed by atoms with Crippen LogP contribution in [0.1, 0.15) is 12.8 Å². The van der Waals surface area contributed by atoms with E-state index in [1.807, 2.05) is 0 Å². The van der Waals surface area contributed by atoms with E-state index in [4.69, 9.17) is 0 Å². The number of hydrogen-bond acceptors (Lipinski definition) is 0. The molecule has 0 saturated carbocycles. The van der Waals surface area contributed by atoms with Crippen LogP contribution in [-0.4, -0.2) is 21.8 Å². The van der Waals surface area contributed by atoms with Gasteiger partial charge in [0.1, 0.15) is 0 Å². The Labute approximate surface area is 178 Å². The van der Waals surface area contributed by atoms with Crippen molar-refractivity contribution in [2.24, 2.45) is 23.7 Å². The zero-order chi connectivity index (χ0) is 22.9. The minimum Gasteiger partial charge on any atom is -0.418 e. The summed E-state index contributed by atoms with van der Waals surface area (Å²) in [6, 6.07) is 0. The molecule has 4 bridgehead atoms. The van der Waals surface area contributed by atoms with E-state index in [-0.39, 0.29) is 19.5 Å². The molecule has 16 heteroatoms. The van der Waals surface area contributed by atoms with Gasteiger partial charge in [-0.3, -0.25) is 0 Å². The van der Waals surface area contributed by atoms with Crippen LogP contribution in [0.15, 0.2) is 48.6 Å². The van der Waals surface area contributed by atoms with Gasteiger partial charge >= 0.3 is 41.2 Å². The van der Waals surface area contributed by atoms with Gasteiger partial charge in [0.25, 0.3) is 0 Å². The normalized spacial score (nSPS) is 26.3. The van der Waals surface area contributed by atoms with E-state index in [1.54, 1.807) is 0 Å². The number of rotatable bonds is 0. The second kappa shape index (κ2) is 13.4. The van der Waals surface area contributed by atoms with Crippen molar-refractivity contribution >= 4 is 21.8 Å². The second-order valence-corrected chi connectivity index (χ2v) is 6.15. The van der Waals surface area contributed by atoms with Gasteiger partial charge in [-0.2, -0.15) is 0 Å². The molecule has 174 valence electrons. The Morgan fingerprint density at radius 1 is 0.367 bits per heavy atom. The summed E-state index contributed by atoms with van der Waals surface area (Å²) in [5, 5.41) is 0. The van der Waals surface area contributed by atoms with E-state index in [2.05, 4.69) is 48.6 Å². The number of halogens is 12. The van der Waals surface area contributed by atoms with Crippen molar-refractivity contribution in [1.29, 1.82) is 0 Å². The predicted octanol–water partition coefficient (Wildman–Crippen LogP) is 7.39. The molecule has 0 N–H and O–H groups in total. The molecule has 0 nitrogen and oxygen atoms in total. The van der Waals surface area contributed by atoms with Gasteiger partial charge in [-0.25, -0.2) is 0 Å². The minimum absolute atomic E-state index is 0. The Hall–Kier alpha value is -1.06. The van der Waals surface area contributed by atoms with E-state index in [0.29, 0.717) is 0 Å². The van der Waals surface area contributed by atoms with Crippen LogP contribution in [0.5, 0.6) is 0 Å². The van der Waals surface area contributed by atoms with E-state index < -0.39 is 21.8 Å². The summed E-state index contributed by atoms with van der Waals surface area (Å²) >= 11 is 0. The van der Waals surface area contributed by atoms with Crippen LogP contribution in [0.2, 0.25) is 0 Å². The molecule has 4 aliphatic carbocycles. The SMILES string of the molecule is C1=CC2C=CC1C2.C1=CC2C=CC1C2.F[B-](F)(F)F.F[B-](F)(F)F.F[B-](F)(F)F.[Rh+3]. The van der Waals surface area contributed by atoms with Crippen molar-refractivity contribution in [3.63, 3.8) is 0 Å². The standard InChI is InChI=1S/2C7H8.3BF4.Rh/c2*1-2-7-4-3-6(1)5-7;3*2-1(3,4)5;/h2*1-4,6-7H,5H2;;;;/q;;3*-1;+3. The van der Waals surface area contributed by atoms with Gasteiger partial charge in [0, 0.05) is 0 Å². The third-order valence-electron chi connectivity index (χ3n) is 3.51. The summed E-state index contributed by atoms with van der Waals surface area (Å²) in [4.78, 5) is 0. The van der Waals surface area contributed by atoms with Gasteiger partial charge in [-0.05, 0) is 36.5 Å². The average molecular weight is 548 g/mol. The molecule has 0 aliphatic heterocycles. The van der Waals surface area contributed by atoms with Crippen molar-refractivity contribution < 1.29 is 71.3 Å². The third-order valence-corrected chi connectivity index (χ3v) is 3.51. The van der Waals surface area contributed by atoms with Crippen LogP contribution < -0.4 is 0 Å². The average Bonchev–Trinajstić information content (AvgIpc) is 3.26. The zero-order valence-electron chi connectivity index (χ0n) is 14.9. The van der Waals surface area contributed by atoms with Crippen LogP contribution in [0.3, 0.4) is 0 Å². The molecule has 4 aliphatic rings. The van der Waals surface area contributed by atoms with Crippen LogP contribution in [0, 0.1) is 23.7 Å². The monoisotopic (exact) mass is 548 g/mol. The molecule has 0 unspecified atom stereocenters. The Balaban J connectivity index is 0. The maximum Gasteiger partial charge on any atom is 3.00 e. The first-order valence-corrected chi connectivity index (χ1v) is 8.25. The van der Waals surface area contributed by atoms with Crippen LogP contribution >= 0.6 is 0 Å². The third kappa shape index (κ3) is 25.0. The van der Waals surface area contributed by atoms with Gasteiger partial charge in [0.15, 0.2) is 0 Å². The fourth-order valence-corrected chi connectivity index (χ4v) is 2.66. The molecule has 0 aromatic heterocycles. The van der Waals surface area contributed by atoms with E-state index in [0.717, 1.165) is 23.7 Å². The van der Waals surface area contributed by atoms with Crippen LogP contribution in [-0.2, 0) is 19.5 Å². The second-order valence-electron chi connectivity index (χ2n) is 6.15. The fourth-order valence-electron chi connectivity index (χ4n) is 2.66. The quantitative estimate of drug-likeness (QED) is 0.169. The first-order chi connectivity index (χ1) is 12.9. The molecule has 4 rings (SSSR count).